The molecular formula is C9H11ClN2. The summed E-state index contributed by atoms with van der Waals surface area (Å²) in [6.45, 7) is 0. The minimum atomic E-state index is 0.153. The lowest BCUT2D eigenvalue weighted by atomic mass is 10.1. The summed E-state index contributed by atoms with van der Waals surface area (Å²) in [5.41, 5.74) is 1.33. The Hall–Kier alpha value is -0.600. The molecule has 0 bridgehead atoms. The van der Waals surface area contributed by atoms with Gasteiger partial charge in [0, 0.05) is 17.9 Å². The third kappa shape index (κ3) is 1.11. The molecule has 0 aromatic carbocycles. The number of hydrogen-bond acceptors (Lipinski definition) is 2. The van der Waals surface area contributed by atoms with Crippen LogP contribution in [0.5, 0.6) is 0 Å². The van der Waals surface area contributed by atoms with Crippen LogP contribution in [0.25, 0.3) is 0 Å². The van der Waals surface area contributed by atoms with Gasteiger partial charge in [0.15, 0.2) is 0 Å². The van der Waals surface area contributed by atoms with E-state index in [-0.39, 0.29) is 5.54 Å². The van der Waals surface area contributed by atoms with Crippen LogP contribution in [0.3, 0.4) is 0 Å². The van der Waals surface area contributed by atoms with Crippen molar-refractivity contribution < 1.29 is 0 Å². The number of hydrogen-bond donors (Lipinski definition) is 1. The third-order valence-corrected chi connectivity index (χ3v) is 2.82. The zero-order chi connectivity index (χ0) is 8.60. The summed E-state index contributed by atoms with van der Waals surface area (Å²) in [5, 5.41) is 4.07. The molecule has 0 amide bonds. The Balaban J connectivity index is 2.40. The van der Waals surface area contributed by atoms with Gasteiger partial charge in [-0.15, -0.1) is 0 Å². The molecular weight excluding hydrogens is 172 g/mol. The Morgan fingerprint density at radius 2 is 2.33 bits per heavy atom. The molecule has 1 fully saturated rings. The largest absolute Gasteiger partial charge is 0.310 e. The smallest absolute Gasteiger partial charge is 0.0639 e. The molecule has 2 nitrogen and oxygen atoms in total. The van der Waals surface area contributed by atoms with Crippen molar-refractivity contribution >= 4 is 11.6 Å². The second-order valence-corrected chi connectivity index (χ2v) is 3.59. The maximum Gasteiger partial charge on any atom is 0.0639 e. The molecule has 3 heteroatoms. The summed E-state index contributed by atoms with van der Waals surface area (Å²) in [4.78, 5) is 3.96. The van der Waals surface area contributed by atoms with Crippen LogP contribution >= 0.6 is 11.6 Å². The Morgan fingerprint density at radius 1 is 1.58 bits per heavy atom. The topological polar surface area (TPSA) is 24.9 Å². The Labute approximate surface area is 77.0 Å². The van der Waals surface area contributed by atoms with E-state index in [1.54, 1.807) is 12.4 Å². The van der Waals surface area contributed by atoms with Crippen LogP contribution in [0.15, 0.2) is 18.5 Å². The second-order valence-electron chi connectivity index (χ2n) is 3.19. The predicted molar refractivity (Wildman–Crippen MR) is 49.2 cm³/mol. The lowest BCUT2D eigenvalue weighted by Gasteiger charge is -2.15. The van der Waals surface area contributed by atoms with Crippen LogP contribution in [-0.4, -0.2) is 12.0 Å². The first-order chi connectivity index (χ1) is 5.78. The average Bonchev–Trinajstić information content (AvgIpc) is 2.86. The van der Waals surface area contributed by atoms with Gasteiger partial charge in [-0.1, -0.05) is 11.6 Å². The van der Waals surface area contributed by atoms with Crippen molar-refractivity contribution in [3.05, 3.63) is 29.0 Å². The number of rotatable bonds is 2. The van der Waals surface area contributed by atoms with Crippen LogP contribution in [0.4, 0.5) is 0 Å². The Morgan fingerprint density at radius 3 is 2.83 bits per heavy atom. The molecule has 1 saturated carbocycles. The molecule has 64 valence electrons. The molecule has 1 aliphatic carbocycles. The highest BCUT2D eigenvalue weighted by molar-refractivity contribution is 6.31. The van der Waals surface area contributed by atoms with E-state index in [9.17, 15) is 0 Å². The van der Waals surface area contributed by atoms with Crippen LogP contribution in [0.2, 0.25) is 5.02 Å². The van der Waals surface area contributed by atoms with Gasteiger partial charge in [0.2, 0.25) is 0 Å². The molecule has 1 aromatic heterocycles. The fourth-order valence-electron chi connectivity index (χ4n) is 1.54. The monoisotopic (exact) mass is 182 g/mol. The maximum atomic E-state index is 6.03. The first-order valence-electron chi connectivity index (χ1n) is 4.07. The fraction of sp³-hybridized carbons (Fsp3) is 0.444. The van der Waals surface area contributed by atoms with Gasteiger partial charge in [0.25, 0.3) is 0 Å². The standard InChI is InChI=1S/C9H11ClN2/c1-11-9(3-4-9)7-2-5-12-6-8(7)10/h2,5-6,11H,3-4H2,1H3. The van der Waals surface area contributed by atoms with E-state index in [4.69, 9.17) is 11.6 Å². The first-order valence-corrected chi connectivity index (χ1v) is 4.45. The zero-order valence-corrected chi connectivity index (χ0v) is 7.73. The third-order valence-electron chi connectivity index (χ3n) is 2.52. The highest BCUT2D eigenvalue weighted by atomic mass is 35.5. The number of halogens is 1. The first kappa shape index (κ1) is 8.02. The molecule has 2 rings (SSSR count). The molecule has 0 atom stereocenters. The summed E-state index contributed by atoms with van der Waals surface area (Å²) in [6.07, 6.45) is 5.84. The van der Waals surface area contributed by atoms with Gasteiger partial charge in [-0.25, -0.2) is 0 Å². The van der Waals surface area contributed by atoms with Crippen molar-refractivity contribution in [3.8, 4) is 0 Å². The average molecular weight is 183 g/mol. The van der Waals surface area contributed by atoms with E-state index in [0.717, 1.165) is 5.02 Å². The summed E-state index contributed by atoms with van der Waals surface area (Å²) in [7, 11) is 1.98. The molecule has 1 aliphatic rings. The summed E-state index contributed by atoms with van der Waals surface area (Å²) < 4.78 is 0. The van der Waals surface area contributed by atoms with E-state index in [2.05, 4.69) is 10.3 Å². The van der Waals surface area contributed by atoms with Gasteiger partial charge in [-0.2, -0.15) is 0 Å². The van der Waals surface area contributed by atoms with Crippen LogP contribution in [0.1, 0.15) is 18.4 Å². The highest BCUT2D eigenvalue weighted by Crippen LogP contribution is 2.47. The highest BCUT2D eigenvalue weighted by Gasteiger charge is 2.43. The van der Waals surface area contributed by atoms with E-state index < -0.39 is 0 Å². The second kappa shape index (κ2) is 2.71. The van der Waals surface area contributed by atoms with Gasteiger partial charge in [0.1, 0.15) is 0 Å². The van der Waals surface area contributed by atoms with Crippen molar-refractivity contribution in [3.63, 3.8) is 0 Å². The van der Waals surface area contributed by atoms with Gasteiger partial charge in [-0.05, 0) is 31.5 Å². The summed E-state index contributed by atoms with van der Waals surface area (Å²) >= 11 is 6.03. The Kier molecular flexibility index (Phi) is 1.81. The van der Waals surface area contributed by atoms with E-state index in [1.807, 2.05) is 13.1 Å². The van der Waals surface area contributed by atoms with Crippen LogP contribution in [0, 0.1) is 0 Å². The predicted octanol–water partition coefficient (Wildman–Crippen LogP) is 1.94. The number of nitrogens with zero attached hydrogens (tertiary/aromatic N) is 1. The van der Waals surface area contributed by atoms with E-state index in [0.29, 0.717) is 0 Å². The minimum absolute atomic E-state index is 0.153. The van der Waals surface area contributed by atoms with Gasteiger partial charge >= 0.3 is 0 Å². The van der Waals surface area contributed by atoms with Gasteiger partial charge < -0.3 is 5.32 Å². The van der Waals surface area contributed by atoms with Gasteiger partial charge in [-0.3, -0.25) is 4.98 Å². The minimum Gasteiger partial charge on any atom is -0.310 e. The number of pyridine rings is 1. The van der Waals surface area contributed by atoms with Crippen LogP contribution in [-0.2, 0) is 5.54 Å². The summed E-state index contributed by atoms with van der Waals surface area (Å²) in [5.74, 6) is 0. The van der Waals surface area contributed by atoms with Crippen LogP contribution < -0.4 is 5.32 Å². The zero-order valence-electron chi connectivity index (χ0n) is 6.97. The molecule has 1 N–H and O–H groups in total. The molecule has 0 radical (unpaired) electrons. The Bertz CT molecular complexity index is 294. The lowest BCUT2D eigenvalue weighted by molar-refractivity contribution is 0.585. The van der Waals surface area contributed by atoms with Crippen molar-refractivity contribution in [2.75, 3.05) is 7.05 Å². The van der Waals surface area contributed by atoms with Crippen molar-refractivity contribution in [1.82, 2.24) is 10.3 Å². The molecule has 0 unspecified atom stereocenters. The fourth-order valence-corrected chi connectivity index (χ4v) is 1.84. The summed E-state index contributed by atoms with van der Waals surface area (Å²) in [6, 6.07) is 1.99. The molecule has 0 saturated heterocycles. The number of aromatic nitrogens is 1. The molecule has 0 spiro atoms. The van der Waals surface area contributed by atoms with Crippen molar-refractivity contribution in [2.24, 2.45) is 0 Å². The molecule has 1 heterocycles. The maximum absolute atomic E-state index is 6.03. The van der Waals surface area contributed by atoms with Gasteiger partial charge in [0.05, 0.1) is 5.02 Å². The molecule has 0 aliphatic heterocycles. The normalized spacial score (nSPS) is 19.2. The van der Waals surface area contributed by atoms with E-state index in [1.165, 1.54) is 18.4 Å². The van der Waals surface area contributed by atoms with Crippen molar-refractivity contribution in [1.29, 1.82) is 0 Å². The lowest BCUT2D eigenvalue weighted by Crippen LogP contribution is -2.24. The van der Waals surface area contributed by atoms with Crippen molar-refractivity contribution in [2.45, 2.75) is 18.4 Å². The van der Waals surface area contributed by atoms with E-state index >= 15 is 0 Å². The number of nitrogens with one attached hydrogen (secondary N) is 1. The molecule has 1 aromatic rings. The quantitative estimate of drug-likeness (QED) is 0.756. The SMILES string of the molecule is CNC1(c2ccncc2Cl)CC1. The molecule has 12 heavy (non-hydrogen) atoms.